The molecule has 2 aliphatic carbocycles. The van der Waals surface area contributed by atoms with Gasteiger partial charge in [-0.25, -0.2) is 0 Å². The van der Waals surface area contributed by atoms with Crippen molar-refractivity contribution in [2.24, 2.45) is 0 Å². The third-order valence-electron chi connectivity index (χ3n) is 3.71. The number of hydrogen-bond donors (Lipinski definition) is 0. The van der Waals surface area contributed by atoms with Gasteiger partial charge in [0.2, 0.25) is 0 Å². The summed E-state index contributed by atoms with van der Waals surface area (Å²) in [6, 6.07) is 0. The van der Waals surface area contributed by atoms with E-state index in [1.165, 1.54) is 64.2 Å². The van der Waals surface area contributed by atoms with E-state index < -0.39 is 0 Å². The molecule has 0 radical (unpaired) electrons. The van der Waals surface area contributed by atoms with Crippen molar-refractivity contribution in [1.82, 2.24) is 0 Å². The van der Waals surface area contributed by atoms with Crippen molar-refractivity contribution >= 4 is 7.69 Å². The van der Waals surface area contributed by atoms with Crippen molar-refractivity contribution < 1.29 is 9.31 Å². The summed E-state index contributed by atoms with van der Waals surface area (Å²) in [5.41, 5.74) is 0. The zero-order chi connectivity index (χ0) is 10.3. The van der Waals surface area contributed by atoms with E-state index in [1.807, 2.05) is 0 Å². The van der Waals surface area contributed by atoms with Gasteiger partial charge in [0.1, 0.15) is 0 Å². The zero-order valence-electron chi connectivity index (χ0n) is 9.75. The lowest BCUT2D eigenvalue weighted by molar-refractivity contribution is 0.0825. The Hall–Kier alpha value is -0.0151. The van der Waals surface area contributed by atoms with Gasteiger partial charge in [-0.05, 0) is 25.7 Å². The summed E-state index contributed by atoms with van der Waals surface area (Å²) < 4.78 is 11.5. The second-order valence-corrected chi connectivity index (χ2v) is 4.97. The predicted octanol–water partition coefficient (Wildman–Crippen LogP) is 2.95. The molecule has 0 aromatic heterocycles. The minimum Gasteiger partial charge on any atom is -0.411 e. The molecule has 2 aliphatic rings. The molecule has 3 heteroatoms. The lowest BCUT2D eigenvalue weighted by Gasteiger charge is -2.25. The average molecular weight is 210 g/mol. The van der Waals surface area contributed by atoms with Gasteiger partial charge in [-0.3, -0.25) is 0 Å². The highest BCUT2D eigenvalue weighted by molar-refractivity contribution is 6.18. The lowest BCUT2D eigenvalue weighted by Crippen LogP contribution is -2.25. The molecule has 15 heavy (non-hydrogen) atoms. The third-order valence-corrected chi connectivity index (χ3v) is 3.71. The molecular formula is C12H23BO2. The molecule has 0 aromatic carbocycles. The predicted molar refractivity (Wildman–Crippen MR) is 63.1 cm³/mol. The van der Waals surface area contributed by atoms with Crippen LogP contribution in [0.3, 0.4) is 0 Å². The quantitative estimate of drug-likeness (QED) is 0.664. The molecular weight excluding hydrogens is 187 g/mol. The summed E-state index contributed by atoms with van der Waals surface area (Å²) in [5, 5.41) is 0. The van der Waals surface area contributed by atoms with Crippen LogP contribution in [0.15, 0.2) is 0 Å². The molecule has 0 unspecified atom stereocenters. The summed E-state index contributed by atoms with van der Waals surface area (Å²) >= 11 is 0. The first kappa shape index (κ1) is 11.5. The molecule has 2 nitrogen and oxygen atoms in total. The minimum absolute atomic E-state index is 0.488. The Morgan fingerprint density at radius 1 is 0.600 bits per heavy atom. The largest absolute Gasteiger partial charge is 0.438 e. The molecule has 0 saturated heterocycles. The van der Waals surface area contributed by atoms with Crippen LogP contribution in [-0.2, 0) is 9.31 Å². The molecule has 0 aromatic rings. The fourth-order valence-electron chi connectivity index (χ4n) is 2.70. The maximum atomic E-state index is 5.76. The minimum atomic E-state index is 0.488. The molecule has 2 saturated carbocycles. The van der Waals surface area contributed by atoms with Crippen molar-refractivity contribution in [3.05, 3.63) is 0 Å². The van der Waals surface area contributed by atoms with Crippen LogP contribution in [0.2, 0.25) is 0 Å². The molecule has 86 valence electrons. The van der Waals surface area contributed by atoms with Crippen LogP contribution in [0, 0.1) is 0 Å². The van der Waals surface area contributed by atoms with Gasteiger partial charge >= 0.3 is 7.69 Å². The molecule has 0 aliphatic heterocycles. The normalized spacial score (nSPS) is 25.3. The van der Waals surface area contributed by atoms with E-state index in [9.17, 15) is 0 Å². The van der Waals surface area contributed by atoms with Crippen molar-refractivity contribution in [1.29, 1.82) is 0 Å². The first-order valence-corrected chi connectivity index (χ1v) is 6.68. The van der Waals surface area contributed by atoms with Crippen LogP contribution in [0.1, 0.15) is 64.2 Å². The second kappa shape index (κ2) is 6.54. The SMILES string of the molecule is B(OC1CCCCC1)OC1CCCCC1. The van der Waals surface area contributed by atoms with Crippen LogP contribution < -0.4 is 0 Å². The Labute approximate surface area is 94.0 Å². The van der Waals surface area contributed by atoms with E-state index in [0.29, 0.717) is 19.9 Å². The van der Waals surface area contributed by atoms with Crippen molar-refractivity contribution in [3.8, 4) is 0 Å². The third kappa shape index (κ3) is 4.16. The fourth-order valence-corrected chi connectivity index (χ4v) is 2.70. The molecule has 0 heterocycles. The first-order chi connectivity index (χ1) is 7.45. The summed E-state index contributed by atoms with van der Waals surface area (Å²) in [7, 11) is 0.537. The van der Waals surface area contributed by atoms with Crippen LogP contribution in [-0.4, -0.2) is 19.9 Å². The summed E-state index contributed by atoms with van der Waals surface area (Å²) in [6.07, 6.45) is 14.1. The highest BCUT2D eigenvalue weighted by Gasteiger charge is 2.17. The molecule has 0 atom stereocenters. The van der Waals surface area contributed by atoms with Crippen molar-refractivity contribution in [2.75, 3.05) is 0 Å². The first-order valence-electron chi connectivity index (χ1n) is 6.68. The Balaban J connectivity index is 1.53. The number of hydrogen-bond acceptors (Lipinski definition) is 2. The van der Waals surface area contributed by atoms with E-state index in [2.05, 4.69) is 0 Å². The molecule has 0 bridgehead atoms. The van der Waals surface area contributed by atoms with Gasteiger partial charge in [0.05, 0.1) is 0 Å². The Morgan fingerprint density at radius 3 is 1.40 bits per heavy atom. The van der Waals surface area contributed by atoms with Crippen molar-refractivity contribution in [3.63, 3.8) is 0 Å². The van der Waals surface area contributed by atoms with E-state index in [0.717, 1.165) is 0 Å². The molecule has 0 spiro atoms. The van der Waals surface area contributed by atoms with Gasteiger partial charge in [0, 0.05) is 12.2 Å². The Morgan fingerprint density at radius 2 is 1.00 bits per heavy atom. The monoisotopic (exact) mass is 210 g/mol. The van der Waals surface area contributed by atoms with E-state index in [1.54, 1.807) is 0 Å². The van der Waals surface area contributed by atoms with Gasteiger partial charge in [-0.15, -0.1) is 0 Å². The smallest absolute Gasteiger partial charge is 0.411 e. The summed E-state index contributed by atoms with van der Waals surface area (Å²) in [5.74, 6) is 0. The van der Waals surface area contributed by atoms with Crippen molar-refractivity contribution in [2.45, 2.75) is 76.4 Å². The van der Waals surface area contributed by atoms with E-state index in [-0.39, 0.29) is 0 Å². The van der Waals surface area contributed by atoms with Crippen LogP contribution >= 0.6 is 0 Å². The van der Waals surface area contributed by atoms with E-state index >= 15 is 0 Å². The number of rotatable bonds is 4. The van der Waals surface area contributed by atoms with Gasteiger partial charge in [0.15, 0.2) is 0 Å². The summed E-state index contributed by atoms with van der Waals surface area (Å²) in [6.45, 7) is 0. The highest BCUT2D eigenvalue weighted by Crippen LogP contribution is 2.22. The maximum Gasteiger partial charge on any atom is 0.438 e. The standard InChI is InChI=1S/C12H23BO2/c1-3-7-11(8-4-1)14-13-15-12-9-5-2-6-10-12/h11-13H,1-10H2. The van der Waals surface area contributed by atoms with Crippen LogP contribution in [0.5, 0.6) is 0 Å². The molecule has 2 rings (SSSR count). The zero-order valence-corrected chi connectivity index (χ0v) is 9.75. The molecule has 2 fully saturated rings. The van der Waals surface area contributed by atoms with Gasteiger partial charge < -0.3 is 9.31 Å². The Bertz CT molecular complexity index is 145. The van der Waals surface area contributed by atoms with Gasteiger partial charge in [-0.1, -0.05) is 38.5 Å². The highest BCUT2D eigenvalue weighted by atomic mass is 16.6. The molecule has 0 N–H and O–H groups in total. The fraction of sp³-hybridized carbons (Fsp3) is 1.00. The Kier molecular flexibility index (Phi) is 5.00. The van der Waals surface area contributed by atoms with Gasteiger partial charge in [0.25, 0.3) is 0 Å². The average Bonchev–Trinajstić information content (AvgIpc) is 2.32. The van der Waals surface area contributed by atoms with E-state index in [4.69, 9.17) is 9.31 Å². The topological polar surface area (TPSA) is 18.5 Å². The second-order valence-electron chi connectivity index (χ2n) is 4.97. The maximum absolute atomic E-state index is 5.76. The molecule has 0 amide bonds. The van der Waals surface area contributed by atoms with Crippen LogP contribution in [0.4, 0.5) is 0 Å². The lowest BCUT2D eigenvalue weighted by atomic mass is 9.96. The summed E-state index contributed by atoms with van der Waals surface area (Å²) in [4.78, 5) is 0. The van der Waals surface area contributed by atoms with Gasteiger partial charge in [-0.2, -0.15) is 0 Å². The van der Waals surface area contributed by atoms with Crippen LogP contribution in [0.25, 0.3) is 0 Å².